The number of halogens is 2. The summed E-state index contributed by atoms with van der Waals surface area (Å²) in [6, 6.07) is 5.62. The fraction of sp³-hybridized carbons (Fsp3) is 0.167. The van der Waals surface area contributed by atoms with Crippen molar-refractivity contribution in [2.75, 3.05) is 11.1 Å². The van der Waals surface area contributed by atoms with Gasteiger partial charge in [0.25, 0.3) is 5.91 Å². The molecule has 0 bridgehead atoms. The van der Waals surface area contributed by atoms with E-state index in [0.717, 1.165) is 11.3 Å². The molecular formula is C12H11F2N3O2S. The number of alkyl halides is 2. The first-order valence-electron chi connectivity index (χ1n) is 5.55. The van der Waals surface area contributed by atoms with E-state index in [1.54, 1.807) is 6.92 Å². The summed E-state index contributed by atoms with van der Waals surface area (Å²) in [6.45, 7) is -1.19. The topological polar surface area (TPSA) is 77.2 Å². The summed E-state index contributed by atoms with van der Waals surface area (Å²) in [6.07, 6.45) is 0. The van der Waals surface area contributed by atoms with E-state index in [1.807, 2.05) is 0 Å². The summed E-state index contributed by atoms with van der Waals surface area (Å²) in [5.41, 5.74) is 6.52. The molecule has 8 heteroatoms. The van der Waals surface area contributed by atoms with Gasteiger partial charge in [0.1, 0.15) is 10.6 Å². The molecule has 0 saturated carbocycles. The van der Waals surface area contributed by atoms with Crippen molar-refractivity contribution in [1.82, 2.24) is 4.98 Å². The number of anilines is 2. The first-order chi connectivity index (χ1) is 9.45. The highest BCUT2D eigenvalue weighted by molar-refractivity contribution is 7.17. The van der Waals surface area contributed by atoms with Crippen LogP contribution in [-0.2, 0) is 0 Å². The summed E-state index contributed by atoms with van der Waals surface area (Å²) in [7, 11) is 0. The molecule has 2 rings (SSSR count). The minimum atomic E-state index is -2.88. The van der Waals surface area contributed by atoms with Gasteiger partial charge in [-0.2, -0.15) is 8.78 Å². The molecule has 0 aliphatic rings. The van der Waals surface area contributed by atoms with E-state index in [2.05, 4.69) is 15.0 Å². The first kappa shape index (κ1) is 14.2. The Labute approximate surface area is 117 Å². The van der Waals surface area contributed by atoms with Gasteiger partial charge in [0.2, 0.25) is 0 Å². The number of aromatic nitrogens is 1. The third-order valence-corrected chi connectivity index (χ3v) is 3.34. The lowest BCUT2D eigenvalue weighted by Crippen LogP contribution is -2.11. The van der Waals surface area contributed by atoms with E-state index in [-0.39, 0.29) is 11.7 Å². The number of nitrogens with zero attached hydrogens (tertiary/aromatic N) is 1. The van der Waals surface area contributed by atoms with E-state index in [4.69, 9.17) is 5.73 Å². The van der Waals surface area contributed by atoms with Crippen molar-refractivity contribution in [2.24, 2.45) is 0 Å². The van der Waals surface area contributed by atoms with Crippen molar-refractivity contribution in [3.8, 4) is 5.75 Å². The van der Waals surface area contributed by atoms with Crippen molar-refractivity contribution in [2.45, 2.75) is 13.5 Å². The monoisotopic (exact) mass is 299 g/mol. The molecule has 1 heterocycles. The lowest BCUT2D eigenvalue weighted by Gasteiger charge is -2.07. The number of hydrogen-bond donors (Lipinski definition) is 2. The Hall–Kier alpha value is -2.22. The van der Waals surface area contributed by atoms with Gasteiger partial charge in [-0.3, -0.25) is 4.79 Å². The number of amides is 1. The van der Waals surface area contributed by atoms with E-state index in [0.29, 0.717) is 21.4 Å². The number of nitrogens with one attached hydrogen (secondary N) is 1. The van der Waals surface area contributed by atoms with Crippen LogP contribution in [0.3, 0.4) is 0 Å². The third kappa shape index (κ3) is 3.41. The Kier molecular flexibility index (Phi) is 4.14. The number of rotatable bonds is 4. The van der Waals surface area contributed by atoms with Crippen molar-refractivity contribution in [3.05, 3.63) is 34.8 Å². The average Bonchev–Trinajstić information content (AvgIpc) is 2.70. The van der Waals surface area contributed by atoms with Crippen LogP contribution in [0.15, 0.2) is 24.3 Å². The second kappa shape index (κ2) is 5.83. The number of aryl methyl sites for hydroxylation is 1. The molecule has 0 radical (unpaired) electrons. The van der Waals surface area contributed by atoms with Crippen molar-refractivity contribution in [3.63, 3.8) is 0 Å². The molecule has 0 fully saturated rings. The molecule has 2 aromatic rings. The van der Waals surface area contributed by atoms with Crippen LogP contribution in [0.4, 0.5) is 19.6 Å². The van der Waals surface area contributed by atoms with Gasteiger partial charge in [0.15, 0.2) is 5.13 Å². The lowest BCUT2D eigenvalue weighted by atomic mass is 10.3. The van der Waals surface area contributed by atoms with Crippen molar-refractivity contribution in [1.29, 1.82) is 0 Å². The molecular weight excluding hydrogens is 288 g/mol. The summed E-state index contributed by atoms with van der Waals surface area (Å²) in [5.74, 6) is -0.324. The number of ether oxygens (including phenoxy) is 1. The molecule has 0 aliphatic carbocycles. The van der Waals surface area contributed by atoms with E-state index in [1.165, 1.54) is 24.3 Å². The molecule has 1 aromatic carbocycles. The Bertz CT molecular complexity index is 614. The zero-order chi connectivity index (χ0) is 14.7. The molecule has 1 aromatic heterocycles. The van der Waals surface area contributed by atoms with Gasteiger partial charge in [-0.25, -0.2) is 4.98 Å². The number of nitrogen functional groups attached to an aromatic ring is 1. The van der Waals surface area contributed by atoms with E-state index >= 15 is 0 Å². The van der Waals surface area contributed by atoms with Gasteiger partial charge < -0.3 is 15.8 Å². The standard InChI is InChI=1S/C12H11F2N3O2S/c1-6-9(20-12(15)16-6)10(18)17-7-2-4-8(5-3-7)19-11(13)14/h2-5,11H,1H3,(H2,15,16)(H,17,18). The summed E-state index contributed by atoms with van der Waals surface area (Å²) in [5, 5.41) is 2.94. The summed E-state index contributed by atoms with van der Waals surface area (Å²) in [4.78, 5) is 16.3. The Morgan fingerprint density at radius 3 is 2.55 bits per heavy atom. The lowest BCUT2D eigenvalue weighted by molar-refractivity contribution is -0.0498. The minimum absolute atomic E-state index is 0.0243. The molecule has 0 unspecified atom stereocenters. The molecule has 0 saturated heterocycles. The van der Waals surface area contributed by atoms with Gasteiger partial charge in [-0.1, -0.05) is 11.3 Å². The highest BCUT2D eigenvalue weighted by Crippen LogP contribution is 2.22. The van der Waals surface area contributed by atoms with Crippen LogP contribution in [0.5, 0.6) is 5.75 Å². The number of hydrogen-bond acceptors (Lipinski definition) is 5. The number of thiazole rings is 1. The number of nitrogens with two attached hydrogens (primary N) is 1. The van der Waals surface area contributed by atoms with Crippen LogP contribution < -0.4 is 15.8 Å². The quantitative estimate of drug-likeness (QED) is 0.910. The van der Waals surface area contributed by atoms with Gasteiger partial charge in [0.05, 0.1) is 5.69 Å². The maximum absolute atomic E-state index is 12.0. The van der Waals surface area contributed by atoms with Crippen LogP contribution in [0.25, 0.3) is 0 Å². The van der Waals surface area contributed by atoms with E-state index < -0.39 is 6.61 Å². The largest absolute Gasteiger partial charge is 0.435 e. The van der Waals surface area contributed by atoms with Crippen molar-refractivity contribution >= 4 is 28.1 Å². The first-order valence-corrected chi connectivity index (χ1v) is 6.36. The molecule has 20 heavy (non-hydrogen) atoms. The van der Waals surface area contributed by atoms with Gasteiger partial charge >= 0.3 is 6.61 Å². The normalized spacial score (nSPS) is 10.6. The smallest absolute Gasteiger partial charge is 0.387 e. The van der Waals surface area contributed by atoms with Crippen LogP contribution >= 0.6 is 11.3 Å². The van der Waals surface area contributed by atoms with Crippen LogP contribution in [0, 0.1) is 6.92 Å². The van der Waals surface area contributed by atoms with Crippen LogP contribution in [0.1, 0.15) is 15.4 Å². The molecule has 0 aliphatic heterocycles. The number of carbonyl (C=O) groups is 1. The fourth-order valence-electron chi connectivity index (χ4n) is 1.54. The molecule has 1 amide bonds. The predicted molar refractivity (Wildman–Crippen MR) is 72.3 cm³/mol. The van der Waals surface area contributed by atoms with Gasteiger partial charge in [0, 0.05) is 5.69 Å². The molecule has 5 nitrogen and oxygen atoms in total. The predicted octanol–water partition coefficient (Wildman–Crippen LogP) is 2.89. The van der Waals surface area contributed by atoms with Crippen LogP contribution in [-0.4, -0.2) is 17.5 Å². The SMILES string of the molecule is Cc1nc(N)sc1C(=O)Nc1ccc(OC(F)F)cc1. The zero-order valence-corrected chi connectivity index (χ0v) is 11.2. The second-order valence-corrected chi connectivity index (χ2v) is 4.85. The molecule has 3 N–H and O–H groups in total. The highest BCUT2D eigenvalue weighted by atomic mass is 32.1. The third-order valence-electron chi connectivity index (χ3n) is 2.36. The maximum Gasteiger partial charge on any atom is 0.387 e. The molecule has 0 atom stereocenters. The Morgan fingerprint density at radius 1 is 1.40 bits per heavy atom. The molecule has 0 spiro atoms. The summed E-state index contributed by atoms with van der Waals surface area (Å²) < 4.78 is 28.2. The summed E-state index contributed by atoms with van der Waals surface area (Å²) >= 11 is 1.08. The van der Waals surface area contributed by atoms with Gasteiger partial charge in [-0.15, -0.1) is 0 Å². The number of carbonyl (C=O) groups excluding carboxylic acids is 1. The minimum Gasteiger partial charge on any atom is -0.435 e. The maximum atomic E-state index is 12.0. The Morgan fingerprint density at radius 2 is 2.05 bits per heavy atom. The number of benzene rings is 1. The van der Waals surface area contributed by atoms with E-state index in [9.17, 15) is 13.6 Å². The molecule has 106 valence electrons. The Balaban J connectivity index is 2.06. The average molecular weight is 299 g/mol. The fourth-order valence-corrected chi connectivity index (χ4v) is 2.26. The van der Waals surface area contributed by atoms with Gasteiger partial charge in [-0.05, 0) is 31.2 Å². The van der Waals surface area contributed by atoms with Crippen molar-refractivity contribution < 1.29 is 18.3 Å². The second-order valence-electron chi connectivity index (χ2n) is 3.82. The highest BCUT2D eigenvalue weighted by Gasteiger charge is 2.14. The zero-order valence-electron chi connectivity index (χ0n) is 10.4. The van der Waals surface area contributed by atoms with Crippen LogP contribution in [0.2, 0.25) is 0 Å².